The quantitative estimate of drug-likeness (QED) is 0.677. The number of amides is 1. The average molecular weight is 399 g/mol. The molecule has 156 valence electrons. The first-order valence-electron chi connectivity index (χ1n) is 10.2. The SMILES string of the molecule is COCCNC(=O)[C@H]1CN2CC[C@H]1C[C@@H]2Cn1cc(-c2ccc(OC)cc2)nn1. The molecule has 1 aromatic heterocycles. The Bertz CT molecular complexity index is 822. The van der Waals surface area contributed by atoms with Gasteiger partial charge in [-0.15, -0.1) is 5.10 Å². The van der Waals surface area contributed by atoms with Crippen LogP contribution in [-0.2, 0) is 16.1 Å². The van der Waals surface area contributed by atoms with Crippen molar-refractivity contribution in [2.45, 2.75) is 25.4 Å². The molecule has 3 aliphatic heterocycles. The van der Waals surface area contributed by atoms with E-state index in [2.05, 4.69) is 20.5 Å². The summed E-state index contributed by atoms with van der Waals surface area (Å²) in [4.78, 5) is 14.9. The van der Waals surface area contributed by atoms with Gasteiger partial charge in [-0.2, -0.15) is 0 Å². The molecule has 0 aliphatic carbocycles. The summed E-state index contributed by atoms with van der Waals surface area (Å²) in [5.41, 5.74) is 1.88. The first kappa shape index (κ1) is 19.8. The molecule has 0 radical (unpaired) electrons. The summed E-state index contributed by atoms with van der Waals surface area (Å²) in [7, 11) is 3.31. The van der Waals surface area contributed by atoms with E-state index in [1.54, 1.807) is 14.2 Å². The Hall–Kier alpha value is -2.45. The fourth-order valence-corrected chi connectivity index (χ4v) is 4.53. The zero-order valence-corrected chi connectivity index (χ0v) is 17.1. The van der Waals surface area contributed by atoms with E-state index >= 15 is 0 Å². The molecule has 5 rings (SSSR count). The Labute approximate surface area is 171 Å². The van der Waals surface area contributed by atoms with Crippen molar-refractivity contribution in [1.82, 2.24) is 25.2 Å². The number of nitrogens with one attached hydrogen (secondary N) is 1. The third-order valence-electron chi connectivity index (χ3n) is 6.14. The number of carbonyl (C=O) groups excluding carboxylic acids is 1. The number of nitrogens with zero attached hydrogens (tertiary/aromatic N) is 4. The van der Waals surface area contributed by atoms with E-state index in [0.29, 0.717) is 25.1 Å². The Balaban J connectivity index is 1.35. The normalized spacial score (nSPS) is 25.7. The molecule has 2 bridgehead atoms. The van der Waals surface area contributed by atoms with Crippen LogP contribution in [0.5, 0.6) is 5.75 Å². The topological polar surface area (TPSA) is 81.5 Å². The minimum atomic E-state index is 0.0856. The van der Waals surface area contributed by atoms with Crippen LogP contribution in [0.4, 0.5) is 0 Å². The van der Waals surface area contributed by atoms with Gasteiger partial charge >= 0.3 is 0 Å². The molecule has 4 atom stereocenters. The lowest BCUT2D eigenvalue weighted by molar-refractivity contribution is -0.133. The monoisotopic (exact) mass is 399 g/mol. The average Bonchev–Trinajstić information content (AvgIpc) is 3.23. The molecule has 0 saturated carbocycles. The molecule has 3 fully saturated rings. The van der Waals surface area contributed by atoms with Crippen molar-refractivity contribution in [1.29, 1.82) is 0 Å². The summed E-state index contributed by atoms with van der Waals surface area (Å²) in [6.07, 6.45) is 4.12. The smallest absolute Gasteiger partial charge is 0.224 e. The second kappa shape index (κ2) is 8.92. The number of fused-ring (bicyclic) bond motifs is 3. The highest BCUT2D eigenvalue weighted by Gasteiger charge is 2.43. The Kier molecular flexibility index (Phi) is 6.10. The number of carbonyl (C=O) groups is 1. The molecule has 8 heteroatoms. The van der Waals surface area contributed by atoms with Gasteiger partial charge in [-0.25, -0.2) is 0 Å². The number of benzene rings is 1. The maximum absolute atomic E-state index is 12.5. The molecular formula is C21H29N5O3. The molecule has 1 amide bonds. The van der Waals surface area contributed by atoms with Gasteiger partial charge in [-0.05, 0) is 49.6 Å². The first-order valence-corrected chi connectivity index (χ1v) is 10.2. The molecule has 4 heterocycles. The molecular weight excluding hydrogens is 370 g/mol. The second-order valence-corrected chi connectivity index (χ2v) is 7.88. The minimum Gasteiger partial charge on any atom is -0.497 e. The highest BCUT2D eigenvalue weighted by Crippen LogP contribution is 2.37. The number of ether oxygens (including phenoxy) is 2. The van der Waals surface area contributed by atoms with Crippen molar-refractivity contribution in [3.8, 4) is 17.0 Å². The van der Waals surface area contributed by atoms with Gasteiger partial charge in [0.2, 0.25) is 5.91 Å². The van der Waals surface area contributed by atoms with Gasteiger partial charge < -0.3 is 14.8 Å². The molecule has 2 aromatic rings. The van der Waals surface area contributed by atoms with Crippen LogP contribution >= 0.6 is 0 Å². The molecule has 3 aliphatic rings. The van der Waals surface area contributed by atoms with E-state index in [1.807, 2.05) is 35.1 Å². The largest absolute Gasteiger partial charge is 0.497 e. The van der Waals surface area contributed by atoms with E-state index < -0.39 is 0 Å². The highest BCUT2D eigenvalue weighted by molar-refractivity contribution is 5.79. The predicted octanol–water partition coefficient (Wildman–Crippen LogP) is 1.43. The van der Waals surface area contributed by atoms with Crippen LogP contribution < -0.4 is 10.1 Å². The molecule has 8 nitrogen and oxygen atoms in total. The van der Waals surface area contributed by atoms with Crippen LogP contribution in [-0.4, -0.2) is 72.3 Å². The van der Waals surface area contributed by atoms with Crippen molar-refractivity contribution < 1.29 is 14.3 Å². The van der Waals surface area contributed by atoms with Crippen molar-refractivity contribution in [2.24, 2.45) is 11.8 Å². The number of rotatable bonds is 8. The summed E-state index contributed by atoms with van der Waals surface area (Å²) in [5, 5.41) is 11.7. The maximum atomic E-state index is 12.5. The lowest BCUT2D eigenvalue weighted by atomic mass is 9.75. The fraction of sp³-hybridized carbons (Fsp3) is 0.571. The van der Waals surface area contributed by atoms with Crippen molar-refractivity contribution >= 4 is 5.91 Å². The second-order valence-electron chi connectivity index (χ2n) is 7.88. The lowest BCUT2D eigenvalue weighted by Gasteiger charge is -2.49. The summed E-state index contributed by atoms with van der Waals surface area (Å²) < 4.78 is 12.2. The van der Waals surface area contributed by atoms with Crippen LogP contribution in [0.1, 0.15) is 12.8 Å². The van der Waals surface area contributed by atoms with Gasteiger partial charge in [-0.1, -0.05) is 5.21 Å². The molecule has 1 aromatic carbocycles. The Morgan fingerprint density at radius 2 is 2.10 bits per heavy atom. The fourth-order valence-electron chi connectivity index (χ4n) is 4.53. The summed E-state index contributed by atoms with van der Waals surface area (Å²) in [5.74, 6) is 1.52. The highest BCUT2D eigenvalue weighted by atomic mass is 16.5. The number of piperidine rings is 3. The number of methoxy groups -OCH3 is 2. The molecule has 0 spiro atoms. The van der Waals surface area contributed by atoms with Crippen molar-refractivity contribution in [2.75, 3.05) is 40.5 Å². The zero-order chi connectivity index (χ0) is 20.2. The van der Waals surface area contributed by atoms with Gasteiger partial charge in [0.1, 0.15) is 11.4 Å². The van der Waals surface area contributed by atoms with Crippen molar-refractivity contribution in [3.63, 3.8) is 0 Å². The molecule has 3 saturated heterocycles. The van der Waals surface area contributed by atoms with Crippen LogP contribution in [0.3, 0.4) is 0 Å². The minimum absolute atomic E-state index is 0.0856. The summed E-state index contributed by atoms with van der Waals surface area (Å²) in [6, 6.07) is 8.25. The lowest BCUT2D eigenvalue weighted by Crippen LogP contribution is -2.58. The van der Waals surface area contributed by atoms with E-state index in [0.717, 1.165) is 49.5 Å². The summed E-state index contributed by atoms with van der Waals surface area (Å²) >= 11 is 0. The van der Waals surface area contributed by atoms with E-state index in [9.17, 15) is 4.79 Å². The number of hydrogen-bond acceptors (Lipinski definition) is 6. The number of aromatic nitrogens is 3. The molecule has 1 N–H and O–H groups in total. The van der Waals surface area contributed by atoms with E-state index in [-0.39, 0.29) is 11.8 Å². The summed E-state index contributed by atoms with van der Waals surface area (Å²) in [6.45, 7) is 3.82. The van der Waals surface area contributed by atoms with E-state index in [1.165, 1.54) is 0 Å². The van der Waals surface area contributed by atoms with Gasteiger partial charge in [0.25, 0.3) is 0 Å². The van der Waals surface area contributed by atoms with Crippen LogP contribution in [0.25, 0.3) is 11.3 Å². The van der Waals surface area contributed by atoms with Gasteiger partial charge in [0, 0.05) is 31.8 Å². The maximum Gasteiger partial charge on any atom is 0.224 e. The third-order valence-corrected chi connectivity index (χ3v) is 6.14. The molecule has 29 heavy (non-hydrogen) atoms. The standard InChI is InChI=1S/C21H29N5O3/c1-28-10-8-22-21(27)19-13-25-9-7-16(19)11-17(25)12-26-14-20(23-24-26)15-3-5-18(29-2)6-4-15/h3-6,14,16-17,19H,7-13H2,1-2H3,(H,22,27)/t16-,17+,19-/m0/s1. The third kappa shape index (κ3) is 4.43. The first-order chi connectivity index (χ1) is 14.2. The van der Waals surface area contributed by atoms with Crippen molar-refractivity contribution in [3.05, 3.63) is 30.5 Å². The Morgan fingerprint density at radius 1 is 1.28 bits per heavy atom. The van der Waals surface area contributed by atoms with E-state index in [4.69, 9.17) is 9.47 Å². The van der Waals surface area contributed by atoms with Gasteiger partial charge in [0.15, 0.2) is 0 Å². The molecule has 1 unspecified atom stereocenters. The van der Waals surface area contributed by atoms with Crippen LogP contribution in [0.15, 0.2) is 30.5 Å². The Morgan fingerprint density at radius 3 is 2.79 bits per heavy atom. The van der Waals surface area contributed by atoms with Gasteiger partial charge in [0.05, 0.1) is 32.4 Å². The zero-order valence-electron chi connectivity index (χ0n) is 17.1. The van der Waals surface area contributed by atoms with Gasteiger partial charge in [-0.3, -0.25) is 14.4 Å². The predicted molar refractivity (Wildman–Crippen MR) is 108 cm³/mol. The number of hydrogen-bond donors (Lipinski definition) is 1. The van der Waals surface area contributed by atoms with Crippen LogP contribution in [0.2, 0.25) is 0 Å². The van der Waals surface area contributed by atoms with Crippen LogP contribution in [0, 0.1) is 11.8 Å².